The van der Waals surface area contributed by atoms with Crippen LogP contribution in [-0.4, -0.2) is 16.5 Å². The molecule has 0 radical (unpaired) electrons. The lowest BCUT2D eigenvalue weighted by Gasteiger charge is -2.24. The molecule has 0 aliphatic heterocycles. The van der Waals surface area contributed by atoms with Crippen LogP contribution in [0.2, 0.25) is 0 Å². The largest absolute Gasteiger partial charge is 0.398 e. The molecule has 0 unspecified atom stereocenters. The highest BCUT2D eigenvalue weighted by molar-refractivity contribution is 14.1. The molecule has 20 heavy (non-hydrogen) atoms. The first-order valence-corrected chi connectivity index (χ1v) is 7.53. The van der Waals surface area contributed by atoms with Crippen molar-refractivity contribution in [1.82, 2.24) is 9.97 Å². The zero-order valence-electron chi connectivity index (χ0n) is 11.3. The van der Waals surface area contributed by atoms with Gasteiger partial charge in [0.1, 0.15) is 9.39 Å². The first-order chi connectivity index (χ1) is 9.63. The molecule has 0 saturated carbocycles. The molecule has 0 amide bonds. The lowest BCUT2D eigenvalue weighted by molar-refractivity contribution is 0.749. The van der Waals surface area contributed by atoms with Crippen LogP contribution in [0, 0.1) is 3.57 Å². The van der Waals surface area contributed by atoms with Gasteiger partial charge in [0.15, 0.2) is 0 Å². The second-order valence-electron chi connectivity index (χ2n) is 4.49. The highest BCUT2D eigenvalue weighted by atomic mass is 127. The Labute approximate surface area is 131 Å². The van der Waals surface area contributed by atoms with Crippen LogP contribution < -0.4 is 16.2 Å². The van der Waals surface area contributed by atoms with Gasteiger partial charge in [-0.3, -0.25) is 4.79 Å². The summed E-state index contributed by atoms with van der Waals surface area (Å²) in [6.45, 7) is 3.56. The van der Waals surface area contributed by atoms with Crippen LogP contribution >= 0.6 is 22.6 Å². The summed E-state index contributed by atoms with van der Waals surface area (Å²) >= 11 is 2.03. The Morgan fingerprint density at radius 2 is 2.15 bits per heavy atom. The molecule has 0 spiro atoms. The van der Waals surface area contributed by atoms with Gasteiger partial charge in [-0.25, -0.2) is 4.98 Å². The second kappa shape index (κ2) is 6.74. The third-order valence-electron chi connectivity index (χ3n) is 2.99. The van der Waals surface area contributed by atoms with E-state index >= 15 is 0 Å². The normalized spacial score (nSPS) is 10.5. The summed E-state index contributed by atoms with van der Waals surface area (Å²) in [5, 5.41) is 0. The molecule has 2 aromatic rings. The molecule has 0 atom stereocenters. The lowest BCUT2D eigenvalue weighted by Crippen LogP contribution is -2.28. The van der Waals surface area contributed by atoms with Crippen molar-refractivity contribution in [3.63, 3.8) is 0 Å². The Balaban J connectivity index is 2.34. The van der Waals surface area contributed by atoms with E-state index in [0.29, 0.717) is 15.9 Å². The minimum absolute atomic E-state index is 0.113. The number of aromatic amines is 1. The third kappa shape index (κ3) is 3.30. The molecule has 3 N–H and O–H groups in total. The van der Waals surface area contributed by atoms with Gasteiger partial charge < -0.3 is 15.6 Å². The number of hydrogen-bond donors (Lipinski definition) is 2. The van der Waals surface area contributed by atoms with Crippen LogP contribution in [0.15, 0.2) is 35.4 Å². The van der Waals surface area contributed by atoms with Crippen molar-refractivity contribution in [2.75, 3.05) is 17.2 Å². The standard InChI is InChI=1S/C14H17IN4O/c1-2-7-19(8-10-5-3-4-6-11(10)16)13-12(15)14(20)18-9-17-13/h3-6,9H,2,7-8,16H2,1H3,(H,17,18,20). The van der Waals surface area contributed by atoms with E-state index in [-0.39, 0.29) is 5.56 Å². The van der Waals surface area contributed by atoms with Crippen molar-refractivity contribution in [1.29, 1.82) is 0 Å². The smallest absolute Gasteiger partial charge is 0.266 e. The van der Waals surface area contributed by atoms with Gasteiger partial charge in [0.05, 0.1) is 6.33 Å². The van der Waals surface area contributed by atoms with Crippen LogP contribution in [-0.2, 0) is 6.54 Å². The van der Waals surface area contributed by atoms with Gasteiger partial charge in [0.25, 0.3) is 5.56 Å². The number of rotatable bonds is 5. The maximum absolute atomic E-state index is 11.7. The quantitative estimate of drug-likeness (QED) is 0.613. The van der Waals surface area contributed by atoms with Crippen LogP contribution in [0.3, 0.4) is 0 Å². The van der Waals surface area contributed by atoms with Crippen LogP contribution in [0.4, 0.5) is 11.5 Å². The predicted molar refractivity (Wildman–Crippen MR) is 89.8 cm³/mol. The van der Waals surface area contributed by atoms with Gasteiger partial charge in [-0.1, -0.05) is 25.1 Å². The van der Waals surface area contributed by atoms with Crippen molar-refractivity contribution in [2.24, 2.45) is 0 Å². The number of nitrogens with two attached hydrogens (primary N) is 1. The number of halogens is 1. The number of anilines is 2. The van der Waals surface area contributed by atoms with Crippen LogP contribution in [0.1, 0.15) is 18.9 Å². The number of nitrogens with zero attached hydrogens (tertiary/aromatic N) is 2. The Morgan fingerprint density at radius 1 is 1.40 bits per heavy atom. The molecule has 0 saturated heterocycles. The number of aromatic nitrogens is 2. The summed E-state index contributed by atoms with van der Waals surface area (Å²) in [4.78, 5) is 20.7. The summed E-state index contributed by atoms with van der Waals surface area (Å²) < 4.78 is 0.605. The highest BCUT2D eigenvalue weighted by Crippen LogP contribution is 2.21. The van der Waals surface area contributed by atoms with Gasteiger partial charge in [-0.05, 0) is 40.6 Å². The van der Waals surface area contributed by atoms with Gasteiger partial charge in [-0.2, -0.15) is 0 Å². The summed E-state index contributed by atoms with van der Waals surface area (Å²) in [7, 11) is 0. The molecule has 0 fully saturated rings. The monoisotopic (exact) mass is 384 g/mol. The fourth-order valence-corrected chi connectivity index (χ4v) is 2.64. The van der Waals surface area contributed by atoms with Crippen molar-refractivity contribution in [3.05, 3.63) is 50.1 Å². The van der Waals surface area contributed by atoms with Gasteiger partial charge in [-0.15, -0.1) is 0 Å². The lowest BCUT2D eigenvalue weighted by atomic mass is 10.1. The summed E-state index contributed by atoms with van der Waals surface area (Å²) in [5.74, 6) is 0.708. The highest BCUT2D eigenvalue weighted by Gasteiger charge is 2.14. The average Bonchev–Trinajstić information content (AvgIpc) is 2.44. The van der Waals surface area contributed by atoms with E-state index in [1.54, 1.807) is 0 Å². The Kier molecular flexibility index (Phi) is 4.99. The Bertz CT molecular complexity index is 641. The molecule has 2 rings (SSSR count). The van der Waals surface area contributed by atoms with Gasteiger partial charge in [0.2, 0.25) is 0 Å². The first kappa shape index (κ1) is 14.8. The maximum atomic E-state index is 11.7. The van der Waals surface area contributed by atoms with Crippen molar-refractivity contribution in [3.8, 4) is 0 Å². The molecule has 0 aliphatic carbocycles. The molecule has 0 bridgehead atoms. The molecule has 5 nitrogen and oxygen atoms in total. The van der Waals surface area contributed by atoms with Crippen LogP contribution in [0.5, 0.6) is 0 Å². The summed E-state index contributed by atoms with van der Waals surface area (Å²) in [6.07, 6.45) is 2.41. The van der Waals surface area contributed by atoms with E-state index < -0.39 is 0 Å². The minimum Gasteiger partial charge on any atom is -0.398 e. The zero-order chi connectivity index (χ0) is 14.5. The van der Waals surface area contributed by atoms with E-state index in [1.807, 2.05) is 46.9 Å². The molecule has 0 aliphatic rings. The predicted octanol–water partition coefficient (Wildman–Crippen LogP) is 2.37. The summed E-state index contributed by atoms with van der Waals surface area (Å²) in [6, 6.07) is 7.76. The number of H-pyrrole nitrogens is 1. The van der Waals surface area contributed by atoms with E-state index in [2.05, 4.69) is 21.8 Å². The molecule has 1 aromatic carbocycles. The molecule has 1 aromatic heterocycles. The fraction of sp³-hybridized carbons (Fsp3) is 0.286. The van der Waals surface area contributed by atoms with Crippen molar-refractivity contribution >= 4 is 34.1 Å². The number of benzene rings is 1. The van der Waals surface area contributed by atoms with E-state index in [0.717, 1.165) is 24.2 Å². The topological polar surface area (TPSA) is 75.0 Å². The van der Waals surface area contributed by atoms with Gasteiger partial charge in [0, 0.05) is 18.8 Å². The number of para-hydroxylation sites is 1. The third-order valence-corrected chi connectivity index (χ3v) is 3.96. The van der Waals surface area contributed by atoms with E-state index in [1.165, 1.54) is 6.33 Å². The second-order valence-corrected chi connectivity index (χ2v) is 5.57. The maximum Gasteiger partial charge on any atom is 0.266 e. The SMILES string of the molecule is CCCN(Cc1ccccc1N)c1nc[nH]c(=O)c1I. The van der Waals surface area contributed by atoms with Crippen molar-refractivity contribution in [2.45, 2.75) is 19.9 Å². The first-order valence-electron chi connectivity index (χ1n) is 6.45. The van der Waals surface area contributed by atoms with Crippen molar-refractivity contribution < 1.29 is 0 Å². The van der Waals surface area contributed by atoms with Gasteiger partial charge >= 0.3 is 0 Å². The van der Waals surface area contributed by atoms with E-state index in [4.69, 9.17) is 5.73 Å². The minimum atomic E-state index is -0.113. The summed E-state index contributed by atoms with van der Waals surface area (Å²) in [5.41, 5.74) is 7.68. The molecular formula is C14H17IN4O. The van der Waals surface area contributed by atoms with E-state index in [9.17, 15) is 4.79 Å². The number of hydrogen-bond acceptors (Lipinski definition) is 4. The zero-order valence-corrected chi connectivity index (χ0v) is 13.4. The molecular weight excluding hydrogens is 367 g/mol. The average molecular weight is 384 g/mol. The fourth-order valence-electron chi connectivity index (χ4n) is 2.01. The number of nitrogens with one attached hydrogen (secondary N) is 1. The van der Waals surface area contributed by atoms with Crippen LogP contribution in [0.25, 0.3) is 0 Å². The molecule has 6 heteroatoms. The molecule has 1 heterocycles. The Hall–Kier alpha value is -1.57. The number of nitrogen functional groups attached to an aromatic ring is 1. The Morgan fingerprint density at radius 3 is 2.85 bits per heavy atom. The molecule has 106 valence electrons.